The van der Waals surface area contributed by atoms with Crippen molar-refractivity contribution >= 4 is 11.9 Å². The molecule has 0 aromatic carbocycles. The van der Waals surface area contributed by atoms with Crippen LogP contribution in [0.5, 0.6) is 0 Å². The molecule has 0 spiro atoms. The lowest BCUT2D eigenvalue weighted by molar-refractivity contribution is -0.151. The summed E-state index contributed by atoms with van der Waals surface area (Å²) < 4.78 is 4.99. The summed E-state index contributed by atoms with van der Waals surface area (Å²) in [4.78, 5) is 22.9. The summed E-state index contributed by atoms with van der Waals surface area (Å²) in [6.45, 7) is 4.56. The zero-order chi connectivity index (χ0) is 22.3. The van der Waals surface area contributed by atoms with Gasteiger partial charge in [-0.2, -0.15) is 0 Å². The van der Waals surface area contributed by atoms with Gasteiger partial charge in [0.1, 0.15) is 0 Å². The van der Waals surface area contributed by atoms with Gasteiger partial charge in [0.25, 0.3) is 0 Å². The Hall–Kier alpha value is -1.32. The molecule has 1 unspecified atom stereocenters. The van der Waals surface area contributed by atoms with E-state index in [2.05, 4.69) is 19.1 Å². The fourth-order valence-corrected chi connectivity index (χ4v) is 3.61. The van der Waals surface area contributed by atoms with Gasteiger partial charge in [-0.3, -0.25) is 9.59 Å². The number of carboxylic acids is 1. The summed E-state index contributed by atoms with van der Waals surface area (Å²) in [5.74, 6) is -1.92. The highest BCUT2D eigenvalue weighted by Crippen LogP contribution is 2.15. The SMILES string of the molecule is CCCCCCCCCCCCCC/C=C/CCCC(CC(=O)OCCC)C(=O)O. The predicted molar refractivity (Wildman–Crippen MR) is 126 cm³/mol. The minimum absolute atomic E-state index is 0.0160. The number of hydrogen-bond acceptors (Lipinski definition) is 3. The average Bonchev–Trinajstić information content (AvgIpc) is 2.73. The number of allylic oxidation sites excluding steroid dienone is 2. The van der Waals surface area contributed by atoms with Gasteiger partial charge < -0.3 is 9.84 Å². The molecule has 0 aliphatic heterocycles. The number of esters is 1. The van der Waals surface area contributed by atoms with E-state index < -0.39 is 17.9 Å². The van der Waals surface area contributed by atoms with Crippen LogP contribution in [0, 0.1) is 5.92 Å². The van der Waals surface area contributed by atoms with Crippen molar-refractivity contribution in [1.82, 2.24) is 0 Å². The van der Waals surface area contributed by atoms with Gasteiger partial charge in [0.15, 0.2) is 0 Å². The molecule has 0 aliphatic rings. The Bertz CT molecular complexity index is 431. The Balaban J connectivity index is 3.51. The third kappa shape index (κ3) is 20.0. The number of aliphatic carboxylic acids is 1. The number of carbonyl (C=O) groups excluding carboxylic acids is 1. The van der Waals surface area contributed by atoms with Crippen molar-refractivity contribution in [3.05, 3.63) is 12.2 Å². The van der Waals surface area contributed by atoms with Crippen LogP contribution >= 0.6 is 0 Å². The Labute approximate surface area is 185 Å². The fraction of sp³-hybridized carbons (Fsp3) is 0.846. The van der Waals surface area contributed by atoms with Crippen LogP contribution in [0.15, 0.2) is 12.2 Å². The van der Waals surface area contributed by atoms with Crippen molar-refractivity contribution < 1.29 is 19.4 Å². The molecule has 0 aromatic heterocycles. The van der Waals surface area contributed by atoms with E-state index >= 15 is 0 Å². The largest absolute Gasteiger partial charge is 0.481 e. The van der Waals surface area contributed by atoms with Crippen molar-refractivity contribution in [2.45, 2.75) is 129 Å². The second-order valence-corrected chi connectivity index (χ2v) is 8.54. The van der Waals surface area contributed by atoms with Crippen molar-refractivity contribution in [3.8, 4) is 0 Å². The lowest BCUT2D eigenvalue weighted by Crippen LogP contribution is -2.19. The second kappa shape index (κ2) is 22.4. The first-order chi connectivity index (χ1) is 14.6. The van der Waals surface area contributed by atoms with Gasteiger partial charge in [-0.05, 0) is 38.5 Å². The molecule has 0 heterocycles. The average molecular weight is 425 g/mol. The number of ether oxygens (including phenoxy) is 1. The molecule has 30 heavy (non-hydrogen) atoms. The van der Waals surface area contributed by atoms with Crippen molar-refractivity contribution in [3.63, 3.8) is 0 Å². The minimum atomic E-state index is -0.899. The van der Waals surface area contributed by atoms with Crippen LogP contribution in [0.2, 0.25) is 0 Å². The van der Waals surface area contributed by atoms with Crippen molar-refractivity contribution in [1.29, 1.82) is 0 Å². The second-order valence-electron chi connectivity index (χ2n) is 8.54. The highest BCUT2D eigenvalue weighted by atomic mass is 16.5. The van der Waals surface area contributed by atoms with E-state index in [1.54, 1.807) is 0 Å². The molecule has 0 radical (unpaired) electrons. The fourth-order valence-electron chi connectivity index (χ4n) is 3.61. The molecule has 176 valence electrons. The number of carboxylic acid groups (broad SMARTS) is 1. The molecule has 4 heteroatoms. The highest BCUT2D eigenvalue weighted by molar-refractivity contribution is 5.78. The van der Waals surface area contributed by atoms with Crippen LogP contribution in [0.3, 0.4) is 0 Å². The van der Waals surface area contributed by atoms with Gasteiger partial charge in [0.2, 0.25) is 0 Å². The Morgan fingerprint density at radius 1 is 0.733 bits per heavy atom. The maximum atomic E-state index is 11.6. The van der Waals surface area contributed by atoms with E-state index in [4.69, 9.17) is 4.74 Å². The third-order valence-electron chi connectivity index (χ3n) is 5.54. The van der Waals surface area contributed by atoms with Crippen LogP contribution in [0.4, 0.5) is 0 Å². The lowest BCUT2D eigenvalue weighted by atomic mass is 9.98. The first-order valence-corrected chi connectivity index (χ1v) is 12.6. The first-order valence-electron chi connectivity index (χ1n) is 12.6. The molecular formula is C26H48O4. The summed E-state index contributed by atoms with van der Waals surface area (Å²) in [5, 5.41) is 9.26. The highest BCUT2D eigenvalue weighted by Gasteiger charge is 2.21. The molecule has 0 fully saturated rings. The van der Waals surface area contributed by atoms with Gasteiger partial charge in [-0.1, -0.05) is 96.6 Å². The number of carbonyl (C=O) groups is 2. The smallest absolute Gasteiger partial charge is 0.307 e. The van der Waals surface area contributed by atoms with Gasteiger partial charge in [0, 0.05) is 0 Å². The molecule has 0 bridgehead atoms. The lowest BCUT2D eigenvalue weighted by Gasteiger charge is -2.11. The molecular weight excluding hydrogens is 376 g/mol. The number of unbranched alkanes of at least 4 members (excludes halogenated alkanes) is 13. The standard InChI is InChI=1S/C26H48O4/c1-3-5-6-7-8-9-10-11-12-13-14-15-16-17-18-19-20-21-24(26(28)29)23-25(27)30-22-4-2/h17-18,24H,3-16,19-23H2,1-2H3,(H,28,29)/b18-17+. The Morgan fingerprint density at radius 2 is 1.23 bits per heavy atom. The van der Waals surface area contributed by atoms with Crippen LogP contribution in [-0.4, -0.2) is 23.7 Å². The normalized spacial score (nSPS) is 12.3. The number of hydrogen-bond donors (Lipinski definition) is 1. The van der Waals surface area contributed by atoms with E-state index in [1.807, 2.05) is 6.92 Å². The Morgan fingerprint density at radius 3 is 1.73 bits per heavy atom. The predicted octanol–water partition coefficient (Wildman–Crippen LogP) is 7.85. The quantitative estimate of drug-likeness (QED) is 0.109. The maximum Gasteiger partial charge on any atom is 0.307 e. The molecule has 0 saturated heterocycles. The van der Waals surface area contributed by atoms with E-state index in [1.165, 1.54) is 77.0 Å². The third-order valence-corrected chi connectivity index (χ3v) is 5.54. The van der Waals surface area contributed by atoms with E-state index in [0.717, 1.165) is 25.7 Å². The summed E-state index contributed by atoms with van der Waals surface area (Å²) >= 11 is 0. The van der Waals surface area contributed by atoms with Crippen molar-refractivity contribution in [2.75, 3.05) is 6.61 Å². The van der Waals surface area contributed by atoms with Gasteiger partial charge in [0.05, 0.1) is 18.9 Å². The van der Waals surface area contributed by atoms with E-state index in [-0.39, 0.29) is 6.42 Å². The monoisotopic (exact) mass is 424 g/mol. The molecule has 0 amide bonds. The molecule has 0 saturated carbocycles. The Kier molecular flexibility index (Phi) is 21.4. The van der Waals surface area contributed by atoms with E-state index in [0.29, 0.717) is 13.0 Å². The first kappa shape index (κ1) is 28.7. The number of rotatable bonds is 22. The summed E-state index contributed by atoms with van der Waals surface area (Å²) in [6.07, 6.45) is 24.9. The molecule has 0 rings (SSSR count). The van der Waals surface area contributed by atoms with Crippen LogP contribution in [0.1, 0.15) is 129 Å². The zero-order valence-electron chi connectivity index (χ0n) is 19.8. The van der Waals surface area contributed by atoms with Crippen LogP contribution < -0.4 is 0 Å². The van der Waals surface area contributed by atoms with Crippen molar-refractivity contribution in [2.24, 2.45) is 5.92 Å². The van der Waals surface area contributed by atoms with Crippen LogP contribution in [0.25, 0.3) is 0 Å². The van der Waals surface area contributed by atoms with Gasteiger partial charge >= 0.3 is 11.9 Å². The molecule has 1 N–H and O–H groups in total. The van der Waals surface area contributed by atoms with Gasteiger partial charge in [-0.15, -0.1) is 0 Å². The van der Waals surface area contributed by atoms with E-state index in [9.17, 15) is 14.7 Å². The topological polar surface area (TPSA) is 63.6 Å². The molecule has 1 atom stereocenters. The minimum Gasteiger partial charge on any atom is -0.481 e. The zero-order valence-corrected chi connectivity index (χ0v) is 19.8. The summed E-state index contributed by atoms with van der Waals surface area (Å²) in [7, 11) is 0. The molecule has 0 aromatic rings. The van der Waals surface area contributed by atoms with Gasteiger partial charge in [-0.25, -0.2) is 0 Å². The molecule has 4 nitrogen and oxygen atoms in total. The van der Waals surface area contributed by atoms with Crippen LogP contribution in [-0.2, 0) is 14.3 Å². The molecule has 0 aliphatic carbocycles. The summed E-state index contributed by atoms with van der Waals surface area (Å²) in [6, 6.07) is 0. The summed E-state index contributed by atoms with van der Waals surface area (Å²) in [5.41, 5.74) is 0. The maximum absolute atomic E-state index is 11.6.